The van der Waals surface area contributed by atoms with Gasteiger partial charge in [0.15, 0.2) is 11.5 Å². The third-order valence-corrected chi connectivity index (χ3v) is 3.62. The lowest BCUT2D eigenvalue weighted by Gasteiger charge is -2.05. The minimum atomic E-state index is -0.783. The molecule has 92 valence electrons. The molecule has 0 spiro atoms. The lowest BCUT2D eigenvalue weighted by Crippen LogP contribution is -1.96. The molecule has 2 rings (SSSR count). The number of thioether (sulfide) groups is 1. The zero-order chi connectivity index (χ0) is 12.3. The van der Waals surface area contributed by atoms with E-state index in [0.29, 0.717) is 28.0 Å². The van der Waals surface area contributed by atoms with Gasteiger partial charge < -0.3 is 14.6 Å². The van der Waals surface area contributed by atoms with E-state index in [4.69, 9.17) is 26.2 Å². The van der Waals surface area contributed by atoms with Crippen LogP contribution < -0.4 is 9.47 Å². The molecule has 0 fully saturated rings. The molecule has 0 aromatic heterocycles. The summed E-state index contributed by atoms with van der Waals surface area (Å²) < 4.78 is 10.5. The Balaban J connectivity index is 1.94. The van der Waals surface area contributed by atoms with E-state index in [1.54, 1.807) is 6.07 Å². The van der Waals surface area contributed by atoms with Crippen LogP contribution in [0.15, 0.2) is 12.1 Å². The molecule has 1 heterocycles. The SMILES string of the molecule is O=C(O)CCSCc1cc2c(cc1Cl)OCO2. The monoisotopic (exact) mass is 274 g/mol. The van der Waals surface area contributed by atoms with E-state index in [-0.39, 0.29) is 13.2 Å². The molecule has 1 N–H and O–H groups in total. The highest BCUT2D eigenvalue weighted by molar-refractivity contribution is 7.98. The summed E-state index contributed by atoms with van der Waals surface area (Å²) in [5, 5.41) is 9.14. The Morgan fingerprint density at radius 2 is 2.12 bits per heavy atom. The first-order valence-corrected chi connectivity index (χ1v) is 6.57. The Hall–Kier alpha value is -1.07. The van der Waals surface area contributed by atoms with E-state index in [2.05, 4.69) is 0 Å². The lowest BCUT2D eigenvalue weighted by atomic mass is 10.2. The number of hydrogen-bond acceptors (Lipinski definition) is 4. The van der Waals surface area contributed by atoms with Crippen LogP contribution in [0, 0.1) is 0 Å². The van der Waals surface area contributed by atoms with Crippen molar-refractivity contribution in [1.29, 1.82) is 0 Å². The molecule has 0 amide bonds. The summed E-state index contributed by atoms with van der Waals surface area (Å²) in [7, 11) is 0. The fourth-order valence-corrected chi connectivity index (χ4v) is 2.63. The first-order valence-electron chi connectivity index (χ1n) is 5.04. The maximum Gasteiger partial charge on any atom is 0.304 e. The highest BCUT2D eigenvalue weighted by atomic mass is 35.5. The Morgan fingerprint density at radius 3 is 2.82 bits per heavy atom. The number of carboxylic acid groups (broad SMARTS) is 1. The first kappa shape index (κ1) is 12.4. The van der Waals surface area contributed by atoms with Crippen molar-refractivity contribution in [1.82, 2.24) is 0 Å². The van der Waals surface area contributed by atoms with E-state index < -0.39 is 5.97 Å². The minimum Gasteiger partial charge on any atom is -0.481 e. The number of benzene rings is 1. The van der Waals surface area contributed by atoms with Gasteiger partial charge in [0, 0.05) is 22.6 Å². The Labute approximate surface area is 108 Å². The first-order chi connectivity index (χ1) is 8.16. The van der Waals surface area contributed by atoms with Crippen LogP contribution in [0.1, 0.15) is 12.0 Å². The molecule has 0 saturated carbocycles. The van der Waals surface area contributed by atoms with Gasteiger partial charge in [-0.25, -0.2) is 0 Å². The standard InChI is InChI=1S/C11H11ClO4S/c12-8-4-10-9(15-6-16-10)3-7(8)5-17-2-1-11(13)14/h3-4H,1-2,5-6H2,(H,13,14). The molecule has 4 nitrogen and oxygen atoms in total. The van der Waals surface area contributed by atoms with E-state index in [1.807, 2.05) is 6.07 Å². The normalized spacial score (nSPS) is 12.8. The highest BCUT2D eigenvalue weighted by Gasteiger charge is 2.16. The van der Waals surface area contributed by atoms with Gasteiger partial charge in [0.25, 0.3) is 0 Å². The quantitative estimate of drug-likeness (QED) is 0.837. The van der Waals surface area contributed by atoms with Gasteiger partial charge >= 0.3 is 5.97 Å². The maximum atomic E-state index is 10.4. The molecule has 0 aliphatic carbocycles. The van der Waals surface area contributed by atoms with Crippen molar-refractivity contribution >= 4 is 29.3 Å². The van der Waals surface area contributed by atoms with Crippen molar-refractivity contribution in [3.8, 4) is 11.5 Å². The zero-order valence-electron chi connectivity index (χ0n) is 8.94. The average molecular weight is 275 g/mol. The highest BCUT2D eigenvalue weighted by Crippen LogP contribution is 2.37. The summed E-state index contributed by atoms with van der Waals surface area (Å²) in [6, 6.07) is 3.58. The fraction of sp³-hybridized carbons (Fsp3) is 0.364. The Bertz CT molecular complexity index is 436. The number of carbonyl (C=O) groups is 1. The summed E-state index contributed by atoms with van der Waals surface area (Å²) >= 11 is 7.62. The molecule has 0 atom stereocenters. The third kappa shape index (κ3) is 3.20. The van der Waals surface area contributed by atoms with Crippen LogP contribution in [0.5, 0.6) is 11.5 Å². The van der Waals surface area contributed by atoms with E-state index in [9.17, 15) is 4.79 Å². The number of aliphatic carboxylic acids is 1. The van der Waals surface area contributed by atoms with E-state index in [1.165, 1.54) is 11.8 Å². The van der Waals surface area contributed by atoms with Crippen molar-refractivity contribution in [3.05, 3.63) is 22.7 Å². The maximum absolute atomic E-state index is 10.4. The van der Waals surface area contributed by atoms with Gasteiger partial charge in [0.2, 0.25) is 6.79 Å². The largest absolute Gasteiger partial charge is 0.481 e. The van der Waals surface area contributed by atoms with Crippen LogP contribution in [-0.2, 0) is 10.5 Å². The van der Waals surface area contributed by atoms with Gasteiger partial charge in [-0.2, -0.15) is 11.8 Å². The molecular formula is C11H11ClO4S. The third-order valence-electron chi connectivity index (χ3n) is 2.26. The number of ether oxygens (including phenoxy) is 2. The molecule has 1 aromatic carbocycles. The molecule has 0 radical (unpaired) electrons. The van der Waals surface area contributed by atoms with Crippen LogP contribution in [0.3, 0.4) is 0 Å². The van der Waals surface area contributed by atoms with Crippen molar-refractivity contribution < 1.29 is 19.4 Å². The van der Waals surface area contributed by atoms with Crippen LogP contribution in [0.4, 0.5) is 0 Å². The van der Waals surface area contributed by atoms with Crippen LogP contribution in [0.2, 0.25) is 5.02 Å². The number of fused-ring (bicyclic) bond motifs is 1. The van der Waals surface area contributed by atoms with Gasteiger partial charge in [0.1, 0.15) is 0 Å². The molecule has 6 heteroatoms. The van der Waals surface area contributed by atoms with Crippen LogP contribution >= 0.6 is 23.4 Å². The van der Waals surface area contributed by atoms with Gasteiger partial charge in [-0.1, -0.05) is 11.6 Å². The second-order valence-corrected chi connectivity index (χ2v) is 5.01. The molecule has 0 unspecified atom stereocenters. The number of hydrogen-bond donors (Lipinski definition) is 1. The van der Waals surface area contributed by atoms with Crippen LogP contribution in [-0.4, -0.2) is 23.6 Å². The second kappa shape index (κ2) is 5.51. The van der Waals surface area contributed by atoms with Gasteiger partial charge in [-0.3, -0.25) is 4.79 Å². The number of halogens is 1. The van der Waals surface area contributed by atoms with Crippen molar-refractivity contribution in [2.24, 2.45) is 0 Å². The molecule has 1 aliphatic heterocycles. The summed E-state index contributed by atoms with van der Waals surface area (Å²) in [6.45, 7) is 0.223. The summed E-state index contributed by atoms with van der Waals surface area (Å²) in [4.78, 5) is 10.4. The predicted molar refractivity (Wildman–Crippen MR) is 66.0 cm³/mol. The zero-order valence-corrected chi connectivity index (χ0v) is 10.5. The van der Waals surface area contributed by atoms with E-state index >= 15 is 0 Å². The summed E-state index contributed by atoms with van der Waals surface area (Å²) in [6.07, 6.45) is 0.160. The minimum absolute atomic E-state index is 0.160. The average Bonchev–Trinajstić information content (AvgIpc) is 2.71. The van der Waals surface area contributed by atoms with Crippen LogP contribution in [0.25, 0.3) is 0 Å². The molecular weight excluding hydrogens is 264 g/mol. The van der Waals surface area contributed by atoms with Gasteiger partial charge in [-0.15, -0.1) is 0 Å². The molecule has 1 aliphatic rings. The summed E-state index contributed by atoms with van der Waals surface area (Å²) in [5.74, 6) is 1.81. The molecule has 0 bridgehead atoms. The molecule has 0 saturated heterocycles. The van der Waals surface area contributed by atoms with Crippen molar-refractivity contribution in [3.63, 3.8) is 0 Å². The van der Waals surface area contributed by atoms with Gasteiger partial charge in [-0.05, 0) is 11.6 Å². The Kier molecular flexibility index (Phi) is 4.02. The molecule has 17 heavy (non-hydrogen) atoms. The Morgan fingerprint density at radius 1 is 1.41 bits per heavy atom. The molecule has 1 aromatic rings. The predicted octanol–water partition coefficient (Wildman–Crippen LogP) is 2.78. The smallest absolute Gasteiger partial charge is 0.304 e. The number of carboxylic acids is 1. The van der Waals surface area contributed by atoms with Crippen molar-refractivity contribution in [2.75, 3.05) is 12.5 Å². The second-order valence-electron chi connectivity index (χ2n) is 3.49. The van der Waals surface area contributed by atoms with E-state index in [0.717, 1.165) is 5.56 Å². The lowest BCUT2D eigenvalue weighted by molar-refractivity contribution is -0.136. The fourth-order valence-electron chi connectivity index (χ4n) is 1.41. The topological polar surface area (TPSA) is 55.8 Å². The van der Waals surface area contributed by atoms with Gasteiger partial charge in [0.05, 0.1) is 6.42 Å². The summed E-state index contributed by atoms with van der Waals surface area (Å²) in [5.41, 5.74) is 0.936. The number of rotatable bonds is 5. The van der Waals surface area contributed by atoms with Crippen molar-refractivity contribution in [2.45, 2.75) is 12.2 Å².